The molecule has 0 spiro atoms. The molecule has 1 fully saturated rings. The number of carbonyl (C=O) groups excluding carboxylic acids is 1. The number of nitrogens with one attached hydrogen (secondary N) is 1. The Bertz CT molecular complexity index is 331. The van der Waals surface area contributed by atoms with E-state index in [4.69, 9.17) is 5.11 Å². The van der Waals surface area contributed by atoms with Gasteiger partial charge in [-0.2, -0.15) is 0 Å². The smallest absolute Gasteiger partial charge is 0.322 e. The Hall–Kier alpha value is -1.06. The molecule has 1 rings (SSSR count). The molecule has 0 unspecified atom stereocenters. The molecule has 1 aliphatic rings. The average Bonchev–Trinajstić information content (AvgIpc) is 2.38. The van der Waals surface area contributed by atoms with Crippen molar-refractivity contribution in [2.24, 2.45) is 17.3 Å². The number of aliphatic carboxylic acids is 1. The van der Waals surface area contributed by atoms with Gasteiger partial charge in [-0.05, 0) is 37.5 Å². The normalized spacial score (nSPS) is 26.5. The number of rotatable bonds is 7. The lowest BCUT2D eigenvalue weighted by molar-refractivity contribution is -0.140. The summed E-state index contributed by atoms with van der Waals surface area (Å²) in [5.74, 6) is 0.435. The summed E-state index contributed by atoms with van der Waals surface area (Å²) in [5, 5.41) is 11.1. The van der Waals surface area contributed by atoms with Gasteiger partial charge in [0, 0.05) is 5.41 Å². The van der Waals surface area contributed by atoms with Gasteiger partial charge in [-0.15, -0.1) is 0 Å². The van der Waals surface area contributed by atoms with E-state index in [2.05, 4.69) is 19.2 Å². The van der Waals surface area contributed by atoms with Crippen LogP contribution in [0.1, 0.15) is 65.7 Å². The van der Waals surface area contributed by atoms with Crippen molar-refractivity contribution in [2.45, 2.75) is 65.7 Å². The van der Waals surface area contributed by atoms with Crippen LogP contribution >= 0.6 is 0 Å². The number of hydrogen-bond acceptors (Lipinski definition) is 2. The van der Waals surface area contributed by atoms with Gasteiger partial charge in [-0.3, -0.25) is 9.59 Å². The highest BCUT2D eigenvalue weighted by Crippen LogP contribution is 2.40. The number of hydrogen-bond donors (Lipinski definition) is 2. The van der Waals surface area contributed by atoms with E-state index < -0.39 is 5.97 Å². The molecular formula is C16H29NO3. The second kappa shape index (κ2) is 7.65. The first kappa shape index (κ1) is 17.0. The summed E-state index contributed by atoms with van der Waals surface area (Å²) >= 11 is 0. The molecular weight excluding hydrogens is 254 g/mol. The third kappa shape index (κ3) is 5.51. The second-order valence-corrected chi connectivity index (χ2v) is 6.91. The summed E-state index contributed by atoms with van der Waals surface area (Å²) < 4.78 is 0. The van der Waals surface area contributed by atoms with Gasteiger partial charge in [0.2, 0.25) is 5.91 Å². The number of carboxylic acid groups (broad SMARTS) is 1. The first-order valence-corrected chi connectivity index (χ1v) is 7.83. The van der Waals surface area contributed by atoms with Gasteiger partial charge >= 0.3 is 5.97 Å². The van der Waals surface area contributed by atoms with E-state index in [9.17, 15) is 9.59 Å². The van der Waals surface area contributed by atoms with Crippen LogP contribution in [-0.2, 0) is 9.59 Å². The molecule has 0 aromatic carbocycles. The molecule has 0 aromatic heterocycles. The first-order chi connectivity index (χ1) is 9.33. The fraction of sp³-hybridized carbons (Fsp3) is 0.875. The minimum Gasteiger partial charge on any atom is -0.480 e. The molecule has 0 aliphatic heterocycles. The topological polar surface area (TPSA) is 66.4 Å². The molecule has 20 heavy (non-hydrogen) atoms. The molecule has 4 nitrogen and oxygen atoms in total. The molecule has 4 heteroatoms. The minimum atomic E-state index is -0.982. The maximum atomic E-state index is 12.1. The van der Waals surface area contributed by atoms with Gasteiger partial charge in [0.1, 0.15) is 6.54 Å². The second-order valence-electron chi connectivity index (χ2n) is 6.91. The molecule has 0 radical (unpaired) electrons. The van der Waals surface area contributed by atoms with Crippen LogP contribution in [0.3, 0.4) is 0 Å². The van der Waals surface area contributed by atoms with Crippen LogP contribution in [0, 0.1) is 17.3 Å². The lowest BCUT2D eigenvalue weighted by Crippen LogP contribution is -2.43. The van der Waals surface area contributed by atoms with E-state index in [1.807, 2.05) is 6.92 Å². The third-order valence-electron chi connectivity index (χ3n) is 4.55. The van der Waals surface area contributed by atoms with Crippen LogP contribution in [0.4, 0.5) is 0 Å². The molecule has 116 valence electrons. The lowest BCUT2D eigenvalue weighted by Gasteiger charge is -2.36. The van der Waals surface area contributed by atoms with Crippen molar-refractivity contribution in [3.8, 4) is 0 Å². The zero-order valence-electron chi connectivity index (χ0n) is 13.1. The zero-order valence-corrected chi connectivity index (χ0v) is 13.1. The molecule has 0 heterocycles. The summed E-state index contributed by atoms with van der Waals surface area (Å²) in [6.45, 7) is 6.20. The van der Waals surface area contributed by atoms with Gasteiger partial charge in [-0.25, -0.2) is 0 Å². The van der Waals surface area contributed by atoms with Crippen molar-refractivity contribution in [1.29, 1.82) is 0 Å². The minimum absolute atomic E-state index is 0.0967. The summed E-state index contributed by atoms with van der Waals surface area (Å²) in [7, 11) is 0. The molecule has 1 saturated carbocycles. The summed E-state index contributed by atoms with van der Waals surface area (Å²) in [5.41, 5.74) is -0.371. The highest BCUT2D eigenvalue weighted by molar-refractivity contribution is 5.85. The van der Waals surface area contributed by atoms with Crippen LogP contribution in [0.15, 0.2) is 0 Å². The van der Waals surface area contributed by atoms with Crippen molar-refractivity contribution >= 4 is 11.9 Å². The van der Waals surface area contributed by atoms with E-state index in [1.54, 1.807) is 0 Å². The van der Waals surface area contributed by atoms with Crippen LogP contribution in [-0.4, -0.2) is 23.5 Å². The van der Waals surface area contributed by atoms with Crippen LogP contribution in [0.5, 0.6) is 0 Å². The molecule has 0 saturated heterocycles. The maximum Gasteiger partial charge on any atom is 0.322 e. The van der Waals surface area contributed by atoms with E-state index >= 15 is 0 Å². The van der Waals surface area contributed by atoms with Crippen molar-refractivity contribution in [2.75, 3.05) is 6.54 Å². The van der Waals surface area contributed by atoms with Gasteiger partial charge in [0.25, 0.3) is 0 Å². The van der Waals surface area contributed by atoms with Crippen molar-refractivity contribution in [3.05, 3.63) is 0 Å². The Balaban J connectivity index is 2.32. The lowest BCUT2D eigenvalue weighted by atomic mass is 9.70. The maximum absolute atomic E-state index is 12.1. The average molecular weight is 283 g/mol. The Labute approximate surface area is 122 Å². The monoisotopic (exact) mass is 283 g/mol. The molecule has 1 aliphatic carbocycles. The van der Waals surface area contributed by atoms with Gasteiger partial charge in [0.15, 0.2) is 0 Å². The van der Waals surface area contributed by atoms with Crippen molar-refractivity contribution in [1.82, 2.24) is 5.32 Å². The highest BCUT2D eigenvalue weighted by Gasteiger charge is 2.37. The first-order valence-electron chi connectivity index (χ1n) is 7.83. The van der Waals surface area contributed by atoms with E-state index in [-0.39, 0.29) is 17.9 Å². The molecule has 0 atom stereocenters. The fourth-order valence-corrected chi connectivity index (χ4v) is 3.01. The van der Waals surface area contributed by atoms with E-state index in [0.717, 1.165) is 37.5 Å². The Kier molecular flexibility index (Phi) is 6.50. The van der Waals surface area contributed by atoms with Crippen LogP contribution in [0.25, 0.3) is 0 Å². The number of carbonyl (C=O) groups is 2. The molecule has 0 bridgehead atoms. The van der Waals surface area contributed by atoms with Gasteiger partial charge in [-0.1, -0.05) is 40.0 Å². The third-order valence-corrected chi connectivity index (χ3v) is 4.55. The Morgan fingerprint density at radius 2 is 1.90 bits per heavy atom. The van der Waals surface area contributed by atoms with Gasteiger partial charge in [0.05, 0.1) is 0 Å². The fourth-order valence-electron chi connectivity index (χ4n) is 3.01. The van der Waals surface area contributed by atoms with E-state index in [0.29, 0.717) is 0 Å². The zero-order chi connectivity index (χ0) is 15.2. The predicted octanol–water partition coefficient (Wildman–Crippen LogP) is 3.21. The Morgan fingerprint density at radius 1 is 1.30 bits per heavy atom. The predicted molar refractivity (Wildman–Crippen MR) is 79.4 cm³/mol. The largest absolute Gasteiger partial charge is 0.480 e. The van der Waals surface area contributed by atoms with Crippen LogP contribution < -0.4 is 5.32 Å². The quantitative estimate of drug-likeness (QED) is 0.754. The number of amides is 1. The van der Waals surface area contributed by atoms with E-state index in [1.165, 1.54) is 19.3 Å². The summed E-state index contributed by atoms with van der Waals surface area (Å²) in [4.78, 5) is 22.6. The molecule has 0 aromatic rings. The Morgan fingerprint density at radius 3 is 2.40 bits per heavy atom. The standard InChI is InChI=1S/C16H29NO3/c1-12(2)5-4-6-13-7-9-16(3,10-8-13)15(20)17-11-14(18)19/h12-13H,4-11H2,1-3H3,(H,17,20)(H,18,19). The van der Waals surface area contributed by atoms with Crippen molar-refractivity contribution < 1.29 is 14.7 Å². The van der Waals surface area contributed by atoms with Gasteiger partial charge < -0.3 is 10.4 Å². The molecule has 2 N–H and O–H groups in total. The summed E-state index contributed by atoms with van der Waals surface area (Å²) in [6.07, 6.45) is 7.78. The summed E-state index contributed by atoms with van der Waals surface area (Å²) in [6, 6.07) is 0. The van der Waals surface area contributed by atoms with Crippen molar-refractivity contribution in [3.63, 3.8) is 0 Å². The van der Waals surface area contributed by atoms with Crippen LogP contribution in [0.2, 0.25) is 0 Å². The highest BCUT2D eigenvalue weighted by atomic mass is 16.4. The molecule has 1 amide bonds. The number of carboxylic acids is 1. The SMILES string of the molecule is CC(C)CCCC1CCC(C)(C(=O)NCC(=O)O)CC1.